The molecule has 0 aliphatic carbocycles. The fourth-order valence-electron chi connectivity index (χ4n) is 2.68. The molecule has 1 heterocycles. The Bertz CT molecular complexity index is 1060. The topological polar surface area (TPSA) is 110 Å². The van der Waals surface area contributed by atoms with Crippen LogP contribution in [-0.2, 0) is 9.59 Å². The first-order valence-electron chi connectivity index (χ1n) is 8.61. The van der Waals surface area contributed by atoms with Gasteiger partial charge in [-0.15, -0.1) is 0 Å². The van der Waals surface area contributed by atoms with Crippen molar-refractivity contribution < 1.29 is 19.3 Å². The lowest BCUT2D eigenvalue weighted by Crippen LogP contribution is -2.36. The maximum Gasteiger partial charge on any atom is 0.294 e. The summed E-state index contributed by atoms with van der Waals surface area (Å²) in [7, 11) is 0. The minimum absolute atomic E-state index is 0.106. The van der Waals surface area contributed by atoms with Gasteiger partial charge in [0.25, 0.3) is 16.8 Å². The number of hydrogen-bond donors (Lipinski definition) is 1. The van der Waals surface area contributed by atoms with E-state index in [2.05, 4.69) is 5.32 Å². The van der Waals surface area contributed by atoms with E-state index in [4.69, 9.17) is 0 Å². The predicted octanol–water partition coefficient (Wildman–Crippen LogP) is 3.89. The van der Waals surface area contributed by atoms with Gasteiger partial charge >= 0.3 is 0 Å². The number of imide groups is 1. The molecule has 0 saturated carbocycles. The molecular weight excluding hydrogens is 394 g/mol. The van der Waals surface area contributed by atoms with E-state index in [0.29, 0.717) is 23.0 Å². The number of nitro benzene ring substituents is 1. The van der Waals surface area contributed by atoms with Crippen molar-refractivity contribution in [3.8, 4) is 0 Å². The smallest absolute Gasteiger partial charge is 0.294 e. The van der Waals surface area contributed by atoms with E-state index in [1.807, 2.05) is 26.0 Å². The first-order chi connectivity index (χ1) is 13.7. The molecule has 3 rings (SSSR count). The fraction of sp³-hybridized carbons (Fsp3) is 0.150. The summed E-state index contributed by atoms with van der Waals surface area (Å²) in [6, 6.07) is 11.1. The average Bonchev–Trinajstić information content (AvgIpc) is 2.92. The van der Waals surface area contributed by atoms with Crippen LogP contribution in [0.25, 0.3) is 6.08 Å². The highest BCUT2D eigenvalue weighted by molar-refractivity contribution is 8.18. The second-order valence-corrected chi connectivity index (χ2v) is 7.46. The highest BCUT2D eigenvalue weighted by Gasteiger charge is 2.36. The highest BCUT2D eigenvalue weighted by Crippen LogP contribution is 2.32. The summed E-state index contributed by atoms with van der Waals surface area (Å²) in [4.78, 5) is 48.3. The summed E-state index contributed by atoms with van der Waals surface area (Å²) in [6.07, 6.45) is 1.40. The second kappa shape index (κ2) is 8.27. The molecule has 2 aromatic rings. The number of carbonyl (C=O) groups excluding carboxylic acids is 3. The van der Waals surface area contributed by atoms with Crippen molar-refractivity contribution in [1.29, 1.82) is 0 Å². The molecule has 1 saturated heterocycles. The van der Waals surface area contributed by atoms with Gasteiger partial charge in [0.15, 0.2) is 0 Å². The molecule has 0 unspecified atom stereocenters. The number of aryl methyl sites for hydroxylation is 2. The van der Waals surface area contributed by atoms with Gasteiger partial charge in [-0.2, -0.15) is 0 Å². The maximum absolute atomic E-state index is 12.5. The van der Waals surface area contributed by atoms with E-state index in [1.54, 1.807) is 12.1 Å². The van der Waals surface area contributed by atoms with Gasteiger partial charge in [0.1, 0.15) is 6.54 Å². The van der Waals surface area contributed by atoms with Crippen molar-refractivity contribution in [2.75, 3.05) is 11.9 Å². The molecule has 0 spiro atoms. The number of thioether (sulfide) groups is 1. The van der Waals surface area contributed by atoms with Gasteiger partial charge in [0.2, 0.25) is 5.91 Å². The molecule has 1 N–H and O–H groups in total. The van der Waals surface area contributed by atoms with Crippen LogP contribution in [0.4, 0.5) is 16.2 Å². The lowest BCUT2D eigenvalue weighted by molar-refractivity contribution is -0.384. The standard InChI is InChI=1S/C20H17N3O5S/c1-12-6-7-15(8-13(12)2)21-18(24)11-22-19(25)17(29-20(22)26)10-14-4-3-5-16(9-14)23(27)28/h3-10H,11H2,1-2H3,(H,21,24). The second-order valence-electron chi connectivity index (χ2n) is 6.47. The van der Waals surface area contributed by atoms with Crippen LogP contribution in [0.1, 0.15) is 16.7 Å². The van der Waals surface area contributed by atoms with E-state index in [1.165, 1.54) is 24.3 Å². The monoisotopic (exact) mass is 411 g/mol. The Morgan fingerprint density at radius 2 is 1.93 bits per heavy atom. The zero-order valence-electron chi connectivity index (χ0n) is 15.7. The molecule has 9 heteroatoms. The zero-order valence-corrected chi connectivity index (χ0v) is 16.5. The SMILES string of the molecule is Cc1ccc(NC(=O)CN2C(=O)SC(=Cc3cccc([N+](=O)[O-])c3)C2=O)cc1C. The summed E-state index contributed by atoms with van der Waals surface area (Å²) in [5, 5.41) is 13.0. The van der Waals surface area contributed by atoms with Crippen molar-refractivity contribution in [1.82, 2.24) is 4.90 Å². The molecule has 29 heavy (non-hydrogen) atoms. The van der Waals surface area contributed by atoms with Crippen LogP contribution in [0, 0.1) is 24.0 Å². The van der Waals surface area contributed by atoms with E-state index < -0.39 is 28.5 Å². The van der Waals surface area contributed by atoms with Crippen LogP contribution in [-0.4, -0.2) is 33.4 Å². The maximum atomic E-state index is 12.5. The molecule has 1 fully saturated rings. The number of amides is 3. The van der Waals surface area contributed by atoms with Crippen LogP contribution in [0.5, 0.6) is 0 Å². The molecular formula is C20H17N3O5S. The van der Waals surface area contributed by atoms with E-state index in [9.17, 15) is 24.5 Å². The van der Waals surface area contributed by atoms with Crippen molar-refractivity contribution in [3.63, 3.8) is 0 Å². The number of non-ortho nitro benzene ring substituents is 1. The summed E-state index contributed by atoms with van der Waals surface area (Å²) >= 11 is 0.692. The number of nitrogens with zero attached hydrogens (tertiary/aromatic N) is 2. The number of nitrogens with one attached hydrogen (secondary N) is 1. The first kappa shape index (κ1) is 20.3. The van der Waals surface area contributed by atoms with Crippen LogP contribution in [0.2, 0.25) is 0 Å². The Balaban J connectivity index is 1.71. The van der Waals surface area contributed by atoms with E-state index in [0.717, 1.165) is 16.0 Å². The Kier molecular flexibility index (Phi) is 5.79. The Hall–Kier alpha value is -3.46. The lowest BCUT2D eigenvalue weighted by Gasteiger charge is -2.13. The number of nitro groups is 1. The van der Waals surface area contributed by atoms with Crippen molar-refractivity contribution >= 4 is 46.3 Å². The fourth-order valence-corrected chi connectivity index (χ4v) is 3.52. The quantitative estimate of drug-likeness (QED) is 0.454. The lowest BCUT2D eigenvalue weighted by atomic mass is 10.1. The Labute approximate surface area is 170 Å². The van der Waals surface area contributed by atoms with Crippen molar-refractivity contribution in [2.45, 2.75) is 13.8 Å². The predicted molar refractivity (Wildman–Crippen MR) is 110 cm³/mol. The van der Waals surface area contributed by atoms with Gasteiger partial charge in [-0.3, -0.25) is 29.4 Å². The van der Waals surface area contributed by atoms with E-state index in [-0.39, 0.29) is 10.6 Å². The number of carbonyl (C=O) groups is 3. The number of rotatable bonds is 5. The average molecular weight is 411 g/mol. The molecule has 8 nitrogen and oxygen atoms in total. The van der Waals surface area contributed by atoms with Crippen LogP contribution < -0.4 is 5.32 Å². The largest absolute Gasteiger partial charge is 0.325 e. The van der Waals surface area contributed by atoms with Crippen LogP contribution in [0.15, 0.2) is 47.4 Å². The third-order valence-electron chi connectivity index (χ3n) is 4.34. The summed E-state index contributed by atoms with van der Waals surface area (Å²) in [5.74, 6) is -1.10. The minimum atomic E-state index is -0.609. The third kappa shape index (κ3) is 4.69. The summed E-state index contributed by atoms with van der Waals surface area (Å²) in [5.41, 5.74) is 2.97. The molecule has 3 amide bonds. The zero-order chi connectivity index (χ0) is 21.1. The molecule has 1 aliphatic heterocycles. The van der Waals surface area contributed by atoms with Crippen LogP contribution >= 0.6 is 11.8 Å². The van der Waals surface area contributed by atoms with Gasteiger partial charge < -0.3 is 5.32 Å². The van der Waals surface area contributed by atoms with Gasteiger partial charge in [-0.1, -0.05) is 18.2 Å². The molecule has 2 aromatic carbocycles. The number of anilines is 1. The number of hydrogen-bond acceptors (Lipinski definition) is 6. The van der Waals surface area contributed by atoms with Gasteiger partial charge in [-0.25, -0.2) is 0 Å². The highest BCUT2D eigenvalue weighted by atomic mass is 32.2. The molecule has 0 bridgehead atoms. The summed E-state index contributed by atoms with van der Waals surface area (Å²) < 4.78 is 0. The van der Waals surface area contributed by atoms with Crippen LogP contribution in [0.3, 0.4) is 0 Å². The van der Waals surface area contributed by atoms with Crippen molar-refractivity contribution in [3.05, 3.63) is 74.2 Å². The van der Waals surface area contributed by atoms with E-state index >= 15 is 0 Å². The first-order valence-corrected chi connectivity index (χ1v) is 9.43. The molecule has 1 aliphatic rings. The van der Waals surface area contributed by atoms with Gasteiger partial charge in [-0.05, 0) is 60.5 Å². The van der Waals surface area contributed by atoms with Crippen molar-refractivity contribution in [2.24, 2.45) is 0 Å². The minimum Gasteiger partial charge on any atom is -0.325 e. The normalized spacial score (nSPS) is 15.1. The molecule has 0 radical (unpaired) electrons. The molecule has 0 aromatic heterocycles. The molecule has 0 atom stereocenters. The van der Waals surface area contributed by atoms with Gasteiger partial charge in [0, 0.05) is 17.8 Å². The Morgan fingerprint density at radius 3 is 2.62 bits per heavy atom. The summed E-state index contributed by atoms with van der Waals surface area (Å²) in [6.45, 7) is 3.46. The van der Waals surface area contributed by atoms with Gasteiger partial charge in [0.05, 0.1) is 9.83 Å². The number of benzene rings is 2. The molecule has 148 valence electrons. The third-order valence-corrected chi connectivity index (χ3v) is 5.25. The Morgan fingerprint density at radius 1 is 1.17 bits per heavy atom.